The Labute approximate surface area is 205 Å². The molecule has 2 heteroatoms. The number of ether oxygens (including phenoxy) is 1. The van der Waals surface area contributed by atoms with Gasteiger partial charge < -0.3 is 4.74 Å². The van der Waals surface area contributed by atoms with Crippen LogP contribution in [-0.2, 0) is 12.8 Å². The van der Waals surface area contributed by atoms with E-state index in [4.69, 9.17) is 16.3 Å². The molecule has 0 N–H and O–H groups in total. The number of fused-ring (bicyclic) bond motifs is 4. The Hall–Kier alpha value is -3.29. The normalized spacial score (nSPS) is 18.4. The Balaban J connectivity index is 1.60. The molecule has 2 unspecified atom stereocenters. The van der Waals surface area contributed by atoms with Crippen molar-refractivity contribution in [2.75, 3.05) is 0 Å². The first-order valence-electron chi connectivity index (χ1n) is 12.1. The lowest BCUT2D eigenvalue weighted by molar-refractivity contribution is 0.266. The lowest BCUT2D eigenvalue weighted by Gasteiger charge is -2.28. The molecule has 34 heavy (non-hydrogen) atoms. The molecule has 1 nitrogen and oxygen atoms in total. The Morgan fingerprint density at radius 1 is 0.824 bits per heavy atom. The smallest absolute Gasteiger partial charge is 0.144 e. The minimum Gasteiger partial charge on any atom is -0.482 e. The quantitative estimate of drug-likeness (QED) is 0.335. The van der Waals surface area contributed by atoms with Crippen LogP contribution in [-0.4, -0.2) is 0 Å². The lowest BCUT2D eigenvalue weighted by atomic mass is 9.79. The fourth-order valence-electron chi connectivity index (χ4n) is 5.59. The number of benzene rings is 4. The van der Waals surface area contributed by atoms with Crippen LogP contribution in [0.3, 0.4) is 0 Å². The van der Waals surface area contributed by atoms with Crippen LogP contribution in [0.4, 0.5) is 0 Å². The minimum atomic E-state index is -0.148. The molecule has 0 heterocycles. The highest BCUT2D eigenvalue weighted by Gasteiger charge is 2.25. The van der Waals surface area contributed by atoms with Crippen molar-refractivity contribution in [1.29, 1.82) is 0 Å². The van der Waals surface area contributed by atoms with Crippen LogP contribution < -0.4 is 15.2 Å². The monoisotopic (exact) mass is 462 g/mol. The van der Waals surface area contributed by atoms with Crippen LogP contribution >= 0.6 is 11.6 Å². The Kier molecular flexibility index (Phi) is 5.51. The maximum atomic E-state index is 6.62. The van der Waals surface area contributed by atoms with E-state index in [9.17, 15) is 0 Å². The second-order valence-electron chi connectivity index (χ2n) is 9.43. The summed E-state index contributed by atoms with van der Waals surface area (Å²) < 4.78 is 6.62. The van der Waals surface area contributed by atoms with Gasteiger partial charge in [0.2, 0.25) is 0 Å². The number of hydrogen-bond acceptors (Lipinski definition) is 1. The molecule has 0 bridgehead atoms. The van der Waals surface area contributed by atoms with Crippen molar-refractivity contribution in [2.24, 2.45) is 5.92 Å². The maximum Gasteiger partial charge on any atom is 0.144 e. The zero-order chi connectivity index (χ0) is 23.1. The van der Waals surface area contributed by atoms with E-state index in [1.807, 2.05) is 24.3 Å². The lowest BCUT2D eigenvalue weighted by Crippen LogP contribution is -2.29. The van der Waals surface area contributed by atoms with Crippen molar-refractivity contribution in [2.45, 2.75) is 32.3 Å². The van der Waals surface area contributed by atoms with Gasteiger partial charge >= 0.3 is 0 Å². The van der Waals surface area contributed by atoms with Gasteiger partial charge in [-0.15, -0.1) is 0 Å². The molecule has 168 valence electrons. The third kappa shape index (κ3) is 3.85. The molecule has 0 aliphatic heterocycles. The van der Waals surface area contributed by atoms with Gasteiger partial charge in [-0.3, -0.25) is 0 Å². The van der Waals surface area contributed by atoms with Gasteiger partial charge in [0.15, 0.2) is 0 Å². The van der Waals surface area contributed by atoms with Crippen molar-refractivity contribution in [3.05, 3.63) is 134 Å². The molecule has 0 saturated carbocycles. The van der Waals surface area contributed by atoms with E-state index in [0.29, 0.717) is 10.9 Å². The van der Waals surface area contributed by atoms with Crippen LogP contribution in [0.25, 0.3) is 11.6 Å². The molecule has 6 rings (SSSR count). The van der Waals surface area contributed by atoms with Crippen LogP contribution in [0.15, 0.2) is 91.0 Å². The van der Waals surface area contributed by atoms with Crippen molar-refractivity contribution in [3.63, 3.8) is 0 Å². The summed E-state index contributed by atoms with van der Waals surface area (Å²) in [5.41, 5.74) is 5.67. The van der Waals surface area contributed by atoms with E-state index < -0.39 is 0 Å². The summed E-state index contributed by atoms with van der Waals surface area (Å²) in [5.74, 6) is 1.37. The summed E-state index contributed by atoms with van der Waals surface area (Å²) in [5, 5.41) is 5.90. The fraction of sp³-hybridized carbons (Fsp3) is 0.188. The van der Waals surface area contributed by atoms with Crippen LogP contribution in [0, 0.1) is 16.4 Å². The van der Waals surface area contributed by atoms with E-state index in [0.717, 1.165) is 25.0 Å². The predicted molar refractivity (Wildman–Crippen MR) is 140 cm³/mol. The van der Waals surface area contributed by atoms with Gasteiger partial charge in [-0.25, -0.2) is 0 Å². The third-order valence-electron chi connectivity index (χ3n) is 7.29. The van der Waals surface area contributed by atoms with E-state index in [2.05, 4.69) is 79.7 Å². The number of halogens is 1. The molecule has 0 fully saturated rings. The highest BCUT2D eigenvalue weighted by atomic mass is 35.5. The van der Waals surface area contributed by atoms with Gasteiger partial charge in [-0.1, -0.05) is 96.9 Å². The average molecular weight is 463 g/mol. The van der Waals surface area contributed by atoms with Crippen molar-refractivity contribution in [1.82, 2.24) is 0 Å². The zero-order valence-electron chi connectivity index (χ0n) is 19.3. The minimum absolute atomic E-state index is 0.148. The van der Waals surface area contributed by atoms with Gasteiger partial charge in [0.05, 0.1) is 0 Å². The SMILES string of the molecule is CC1CCc2c3c(ccc2=C1Cc1ccccc1)=c1ccccc1=CC3Oc1cccc(Cl)c1. The van der Waals surface area contributed by atoms with Crippen molar-refractivity contribution < 1.29 is 4.74 Å². The van der Waals surface area contributed by atoms with Crippen molar-refractivity contribution in [3.8, 4) is 5.75 Å². The van der Waals surface area contributed by atoms with Crippen LogP contribution in [0.1, 0.15) is 36.1 Å². The highest BCUT2D eigenvalue weighted by Crippen LogP contribution is 2.33. The second-order valence-corrected chi connectivity index (χ2v) is 9.87. The molecule has 2 aliphatic rings. The first-order chi connectivity index (χ1) is 16.7. The summed E-state index contributed by atoms with van der Waals surface area (Å²) in [6.45, 7) is 2.38. The molecule has 2 aliphatic carbocycles. The first-order valence-corrected chi connectivity index (χ1v) is 12.5. The van der Waals surface area contributed by atoms with Gasteiger partial charge in [0, 0.05) is 10.6 Å². The fourth-order valence-corrected chi connectivity index (χ4v) is 5.77. The number of hydrogen-bond donors (Lipinski definition) is 0. The largest absolute Gasteiger partial charge is 0.482 e. The van der Waals surface area contributed by atoms with Crippen LogP contribution in [0.2, 0.25) is 5.02 Å². The Morgan fingerprint density at radius 3 is 2.47 bits per heavy atom. The molecular weight excluding hydrogens is 436 g/mol. The second kappa shape index (κ2) is 8.81. The molecule has 0 spiro atoms. The molecule has 0 amide bonds. The molecular formula is C32H27ClO. The standard InChI is InChI=1S/C32H27ClO/c1-21-14-15-29-27(30(21)18-22-8-3-2-4-9-22)16-17-28-26-13-6-5-10-23(26)19-31(32(28)29)34-25-12-7-11-24(33)20-25/h2-13,16-17,19-21,31H,14-15,18H2,1H3. The summed E-state index contributed by atoms with van der Waals surface area (Å²) in [6, 6.07) is 31.9. The van der Waals surface area contributed by atoms with E-state index in [1.54, 1.807) is 0 Å². The molecule has 2 atom stereocenters. The van der Waals surface area contributed by atoms with Gasteiger partial charge in [-0.05, 0) is 81.5 Å². The molecule has 0 aromatic heterocycles. The first kappa shape index (κ1) is 21.3. The van der Waals surface area contributed by atoms with E-state index in [-0.39, 0.29) is 6.10 Å². The zero-order valence-corrected chi connectivity index (χ0v) is 20.1. The molecule has 0 saturated heterocycles. The average Bonchev–Trinajstić information content (AvgIpc) is 2.86. The molecule has 4 aromatic rings. The van der Waals surface area contributed by atoms with Crippen LogP contribution in [0.5, 0.6) is 5.75 Å². The van der Waals surface area contributed by atoms with E-state index in [1.165, 1.54) is 43.1 Å². The molecule has 0 radical (unpaired) electrons. The van der Waals surface area contributed by atoms with Gasteiger partial charge in [0.1, 0.15) is 11.9 Å². The van der Waals surface area contributed by atoms with Gasteiger partial charge in [-0.2, -0.15) is 0 Å². The predicted octanol–water partition coefficient (Wildman–Crippen LogP) is 6.52. The number of rotatable bonds is 4. The third-order valence-corrected chi connectivity index (χ3v) is 7.52. The highest BCUT2D eigenvalue weighted by molar-refractivity contribution is 6.30. The summed E-state index contributed by atoms with van der Waals surface area (Å²) in [7, 11) is 0. The Bertz CT molecular complexity index is 1590. The van der Waals surface area contributed by atoms with E-state index >= 15 is 0 Å². The Morgan fingerprint density at radius 2 is 1.62 bits per heavy atom. The summed E-state index contributed by atoms with van der Waals surface area (Å²) in [6.07, 6.45) is 5.35. The van der Waals surface area contributed by atoms with Gasteiger partial charge in [0.25, 0.3) is 0 Å². The molecule has 4 aromatic carbocycles. The maximum absolute atomic E-state index is 6.62. The topological polar surface area (TPSA) is 9.23 Å². The summed E-state index contributed by atoms with van der Waals surface area (Å²) >= 11 is 6.28. The van der Waals surface area contributed by atoms with Crippen molar-refractivity contribution >= 4 is 23.3 Å². The summed E-state index contributed by atoms with van der Waals surface area (Å²) in [4.78, 5) is 0.